The molecule has 0 aliphatic carbocycles. The number of hydrogen-bond donors (Lipinski definition) is 1. The molecule has 0 aromatic heterocycles. The number of halogens is 1. The molecular weight excluding hydrogens is 492 g/mol. The summed E-state index contributed by atoms with van der Waals surface area (Å²) in [6.07, 6.45) is 1.34. The van der Waals surface area contributed by atoms with Crippen LogP contribution < -0.4 is 10.1 Å². The van der Waals surface area contributed by atoms with E-state index in [9.17, 15) is 9.59 Å². The Bertz CT molecular complexity index is 1150. The lowest BCUT2D eigenvalue weighted by molar-refractivity contribution is -0.143. The third-order valence-electron chi connectivity index (χ3n) is 6.00. The maximum atomic E-state index is 13.4. The summed E-state index contributed by atoms with van der Waals surface area (Å²) in [5.74, 6) is 0.233. The van der Waals surface area contributed by atoms with Crippen molar-refractivity contribution in [1.82, 2.24) is 10.2 Å². The van der Waals surface area contributed by atoms with Crippen LogP contribution in [-0.2, 0) is 16.1 Å². The van der Waals surface area contributed by atoms with E-state index in [1.165, 1.54) is 0 Å². The quantitative estimate of drug-likeness (QED) is 0.353. The third kappa shape index (κ3) is 6.38. The molecule has 0 fully saturated rings. The number of carbonyl (C=O) groups excluding carboxylic acids is 2. The first-order valence-electron chi connectivity index (χ1n) is 11.8. The first kappa shape index (κ1) is 25.8. The summed E-state index contributed by atoms with van der Waals surface area (Å²) in [5, 5.41) is 5.14. The molecule has 3 aromatic carbocycles. The Morgan fingerprint density at radius 2 is 1.79 bits per heavy atom. The fourth-order valence-corrected chi connectivity index (χ4v) is 4.52. The van der Waals surface area contributed by atoms with E-state index in [4.69, 9.17) is 4.74 Å². The van der Waals surface area contributed by atoms with Crippen molar-refractivity contribution < 1.29 is 14.3 Å². The van der Waals surface area contributed by atoms with Crippen LogP contribution in [0.4, 0.5) is 0 Å². The van der Waals surface area contributed by atoms with Crippen molar-refractivity contribution in [2.75, 3.05) is 6.61 Å². The van der Waals surface area contributed by atoms with Crippen LogP contribution in [-0.4, -0.2) is 35.4 Å². The Morgan fingerprint density at radius 3 is 2.50 bits per heavy atom. The number of benzene rings is 3. The highest BCUT2D eigenvalue weighted by Gasteiger charge is 2.29. The number of nitrogens with zero attached hydrogens (tertiary/aromatic N) is 1. The second kappa shape index (κ2) is 12.0. The van der Waals surface area contributed by atoms with E-state index >= 15 is 0 Å². The van der Waals surface area contributed by atoms with Gasteiger partial charge in [-0.05, 0) is 65.0 Å². The Hall–Kier alpha value is -2.86. The summed E-state index contributed by atoms with van der Waals surface area (Å²) in [6.45, 7) is 8.13. The molecule has 0 unspecified atom stereocenters. The molecule has 1 N–H and O–H groups in total. The van der Waals surface area contributed by atoms with Crippen molar-refractivity contribution in [1.29, 1.82) is 0 Å². The van der Waals surface area contributed by atoms with E-state index in [2.05, 4.69) is 21.2 Å². The highest BCUT2D eigenvalue weighted by Crippen LogP contribution is 2.33. The summed E-state index contributed by atoms with van der Waals surface area (Å²) < 4.78 is 6.77. The minimum atomic E-state index is -0.578. The fourth-order valence-electron chi connectivity index (χ4n) is 3.92. The Kier molecular flexibility index (Phi) is 9.11. The Balaban J connectivity index is 1.83. The summed E-state index contributed by atoms with van der Waals surface area (Å²) >= 11 is 3.62. The summed E-state index contributed by atoms with van der Waals surface area (Å²) in [6, 6.07) is 19.3. The van der Waals surface area contributed by atoms with E-state index < -0.39 is 6.04 Å². The predicted molar refractivity (Wildman–Crippen MR) is 141 cm³/mol. The monoisotopic (exact) mass is 524 g/mol. The minimum absolute atomic E-state index is 0.0438. The molecule has 0 heterocycles. The van der Waals surface area contributed by atoms with Crippen molar-refractivity contribution in [2.45, 2.75) is 59.2 Å². The van der Waals surface area contributed by atoms with Crippen molar-refractivity contribution in [3.63, 3.8) is 0 Å². The van der Waals surface area contributed by atoms with E-state index in [0.29, 0.717) is 18.7 Å². The normalized spacial score (nSPS) is 12.7. The number of amides is 2. The minimum Gasteiger partial charge on any atom is -0.483 e. The zero-order valence-electron chi connectivity index (χ0n) is 20.3. The topological polar surface area (TPSA) is 58.6 Å². The van der Waals surface area contributed by atoms with Gasteiger partial charge in [0.15, 0.2) is 6.61 Å². The lowest BCUT2D eigenvalue weighted by atomic mass is 10.1. The number of nitrogens with one attached hydrogen (secondary N) is 1. The molecule has 0 aliphatic rings. The molecular formula is C28H33BrN2O3. The van der Waals surface area contributed by atoms with E-state index in [-0.39, 0.29) is 24.5 Å². The largest absolute Gasteiger partial charge is 0.483 e. The third-order valence-corrected chi connectivity index (χ3v) is 6.82. The molecule has 180 valence electrons. The zero-order valence-corrected chi connectivity index (χ0v) is 21.9. The molecule has 6 heteroatoms. The van der Waals surface area contributed by atoms with Crippen LogP contribution in [0, 0.1) is 6.92 Å². The maximum absolute atomic E-state index is 13.4. The summed E-state index contributed by atoms with van der Waals surface area (Å²) in [4.78, 5) is 28.2. The second-order valence-electron chi connectivity index (χ2n) is 8.64. The van der Waals surface area contributed by atoms with Gasteiger partial charge in [0.25, 0.3) is 5.91 Å². The molecule has 0 bridgehead atoms. The average Bonchev–Trinajstić information content (AvgIpc) is 2.83. The van der Waals surface area contributed by atoms with Crippen LogP contribution in [0.25, 0.3) is 10.8 Å². The van der Waals surface area contributed by atoms with Crippen LogP contribution in [0.5, 0.6) is 5.75 Å². The lowest BCUT2D eigenvalue weighted by Crippen LogP contribution is -2.51. The average molecular weight is 525 g/mol. The molecule has 0 aliphatic heterocycles. The smallest absolute Gasteiger partial charge is 0.261 e. The van der Waals surface area contributed by atoms with Gasteiger partial charge >= 0.3 is 0 Å². The summed E-state index contributed by atoms with van der Waals surface area (Å²) in [7, 11) is 0. The maximum Gasteiger partial charge on any atom is 0.261 e. The Morgan fingerprint density at radius 1 is 1.03 bits per heavy atom. The molecule has 5 nitrogen and oxygen atoms in total. The molecule has 0 saturated heterocycles. The van der Waals surface area contributed by atoms with Gasteiger partial charge in [-0.1, -0.05) is 74.0 Å². The molecule has 2 atom stereocenters. The number of rotatable bonds is 10. The van der Waals surface area contributed by atoms with E-state index in [1.807, 2.05) is 88.4 Å². The van der Waals surface area contributed by atoms with Gasteiger partial charge in [-0.3, -0.25) is 9.59 Å². The van der Waals surface area contributed by atoms with Gasteiger partial charge < -0.3 is 15.0 Å². The van der Waals surface area contributed by atoms with Crippen LogP contribution in [0.1, 0.15) is 44.7 Å². The van der Waals surface area contributed by atoms with Crippen molar-refractivity contribution in [3.05, 3.63) is 76.3 Å². The second-order valence-corrected chi connectivity index (χ2v) is 9.43. The molecule has 3 aromatic rings. The Labute approximate surface area is 210 Å². The number of aryl methyl sites for hydroxylation is 1. The molecule has 2 amide bonds. The standard InChI is InChI=1S/C28H33BrN2O3/c1-5-20(4)30-28(33)24(6-2)31(17-21-11-9-10-19(3)16-21)26(32)18-34-25-15-14-22-12-7-8-13-23(22)27(25)29/h7-16,20,24H,5-6,17-18H2,1-4H3,(H,30,33)/t20-,24-/m0/s1. The van der Waals surface area contributed by atoms with E-state index in [1.54, 1.807) is 4.90 Å². The summed E-state index contributed by atoms with van der Waals surface area (Å²) in [5.41, 5.74) is 2.09. The van der Waals surface area contributed by atoms with Gasteiger partial charge in [0.2, 0.25) is 5.91 Å². The van der Waals surface area contributed by atoms with Crippen molar-refractivity contribution in [3.8, 4) is 5.75 Å². The van der Waals surface area contributed by atoms with Gasteiger partial charge in [0.1, 0.15) is 11.8 Å². The molecule has 0 saturated carbocycles. The van der Waals surface area contributed by atoms with Gasteiger partial charge in [-0.2, -0.15) is 0 Å². The number of ether oxygens (including phenoxy) is 1. The lowest BCUT2D eigenvalue weighted by Gasteiger charge is -2.31. The number of hydrogen-bond acceptors (Lipinski definition) is 3. The van der Waals surface area contributed by atoms with Crippen LogP contribution in [0.15, 0.2) is 65.1 Å². The first-order valence-corrected chi connectivity index (χ1v) is 12.6. The highest BCUT2D eigenvalue weighted by atomic mass is 79.9. The van der Waals surface area contributed by atoms with Crippen LogP contribution >= 0.6 is 15.9 Å². The predicted octanol–water partition coefficient (Wildman–Crippen LogP) is 6.01. The SMILES string of the molecule is CC[C@H](C)NC(=O)[C@H](CC)N(Cc1cccc(C)c1)C(=O)COc1ccc2ccccc2c1Br. The van der Waals surface area contributed by atoms with Gasteiger partial charge in [0, 0.05) is 12.6 Å². The molecule has 0 spiro atoms. The molecule has 0 radical (unpaired) electrons. The van der Waals surface area contributed by atoms with Crippen LogP contribution in [0.2, 0.25) is 0 Å². The van der Waals surface area contributed by atoms with Gasteiger partial charge in [-0.15, -0.1) is 0 Å². The highest BCUT2D eigenvalue weighted by molar-refractivity contribution is 9.10. The zero-order chi connectivity index (χ0) is 24.7. The van der Waals surface area contributed by atoms with Gasteiger partial charge in [0.05, 0.1) is 4.47 Å². The van der Waals surface area contributed by atoms with E-state index in [0.717, 1.165) is 32.8 Å². The van der Waals surface area contributed by atoms with Gasteiger partial charge in [-0.25, -0.2) is 0 Å². The first-order chi connectivity index (χ1) is 16.3. The number of fused-ring (bicyclic) bond motifs is 1. The molecule has 3 rings (SSSR count). The number of carbonyl (C=O) groups is 2. The fraction of sp³-hybridized carbons (Fsp3) is 0.357. The van der Waals surface area contributed by atoms with Crippen LogP contribution in [0.3, 0.4) is 0 Å². The molecule has 34 heavy (non-hydrogen) atoms. The van der Waals surface area contributed by atoms with Crippen molar-refractivity contribution >= 4 is 38.5 Å². The van der Waals surface area contributed by atoms with Crippen molar-refractivity contribution in [2.24, 2.45) is 0 Å².